The van der Waals surface area contributed by atoms with E-state index in [2.05, 4.69) is 11.0 Å². The van der Waals surface area contributed by atoms with Crippen LogP contribution in [0.4, 0.5) is 0 Å². The summed E-state index contributed by atoms with van der Waals surface area (Å²) in [5.74, 6) is 0.0454. The van der Waals surface area contributed by atoms with Crippen LogP contribution in [0.5, 0.6) is 0 Å². The molecule has 0 aromatic heterocycles. The van der Waals surface area contributed by atoms with Crippen molar-refractivity contribution in [3.8, 4) is 0 Å². The van der Waals surface area contributed by atoms with Crippen LogP contribution in [0, 0.1) is 5.41 Å². The van der Waals surface area contributed by atoms with Crippen molar-refractivity contribution in [1.82, 2.24) is 9.80 Å². The van der Waals surface area contributed by atoms with Crippen LogP contribution >= 0.6 is 0 Å². The second-order valence-electron chi connectivity index (χ2n) is 10.5. The van der Waals surface area contributed by atoms with E-state index < -0.39 is 5.41 Å². The van der Waals surface area contributed by atoms with E-state index >= 15 is 0 Å². The number of aliphatic hydroxyl groups is 1. The van der Waals surface area contributed by atoms with E-state index in [1.807, 2.05) is 61.2 Å². The van der Waals surface area contributed by atoms with Crippen molar-refractivity contribution in [1.29, 1.82) is 0 Å². The maximum atomic E-state index is 13.3. The van der Waals surface area contributed by atoms with Gasteiger partial charge in [-0.15, -0.1) is 0 Å². The predicted molar refractivity (Wildman–Crippen MR) is 133 cm³/mol. The summed E-state index contributed by atoms with van der Waals surface area (Å²) in [6.07, 6.45) is 4.47. The third-order valence-electron chi connectivity index (χ3n) is 7.63. The number of benzene rings is 2. The molecule has 1 unspecified atom stereocenters. The molecule has 0 saturated carbocycles. The number of primary amides is 1. The van der Waals surface area contributed by atoms with Gasteiger partial charge in [-0.25, -0.2) is 0 Å². The number of fused-ring (bicyclic) bond motifs is 2. The number of nitrogens with two attached hydrogens (primary N) is 1. The second-order valence-corrected chi connectivity index (χ2v) is 10.5. The molecule has 0 radical (unpaired) electrons. The van der Waals surface area contributed by atoms with Gasteiger partial charge in [-0.3, -0.25) is 14.5 Å². The Morgan fingerprint density at radius 3 is 2.35 bits per heavy atom. The normalized spacial score (nSPS) is 22.5. The van der Waals surface area contributed by atoms with E-state index in [-0.39, 0.29) is 18.4 Å². The van der Waals surface area contributed by atoms with Crippen LogP contribution in [-0.4, -0.2) is 58.5 Å². The van der Waals surface area contributed by atoms with E-state index in [9.17, 15) is 14.7 Å². The zero-order valence-electron chi connectivity index (χ0n) is 20.3. The molecule has 2 aliphatic heterocycles. The fraction of sp³-hybridized carbons (Fsp3) is 0.500. The Hall–Kier alpha value is -2.70. The van der Waals surface area contributed by atoms with Crippen LogP contribution < -0.4 is 5.73 Å². The summed E-state index contributed by atoms with van der Waals surface area (Å²) in [6.45, 7) is 5.48. The Balaban J connectivity index is 1.44. The maximum Gasteiger partial charge on any atom is 0.248 e. The molecule has 2 bridgehead atoms. The summed E-state index contributed by atoms with van der Waals surface area (Å²) < 4.78 is 0. The lowest BCUT2D eigenvalue weighted by atomic mass is 9.84. The molecule has 2 aromatic carbocycles. The number of nitrogens with zero attached hydrogens (tertiary/aromatic N) is 2. The lowest BCUT2D eigenvalue weighted by Gasteiger charge is -2.41. The van der Waals surface area contributed by atoms with Crippen LogP contribution in [0.15, 0.2) is 54.6 Å². The number of carbonyl (C=O) groups is 2. The molecule has 3 N–H and O–H groups in total. The highest BCUT2D eigenvalue weighted by Crippen LogP contribution is 2.43. The van der Waals surface area contributed by atoms with Crippen molar-refractivity contribution >= 4 is 11.8 Å². The molecule has 0 aliphatic carbocycles. The first-order chi connectivity index (χ1) is 16.3. The van der Waals surface area contributed by atoms with Crippen molar-refractivity contribution in [2.75, 3.05) is 19.7 Å². The molecular formula is C28H37N3O3. The number of aliphatic hydroxyl groups excluding tert-OH is 1. The number of hydrogen-bond donors (Lipinski definition) is 2. The highest BCUT2D eigenvalue weighted by Gasteiger charge is 2.41. The predicted octanol–water partition coefficient (Wildman–Crippen LogP) is 3.54. The Morgan fingerprint density at radius 1 is 1.06 bits per heavy atom. The lowest BCUT2D eigenvalue weighted by Crippen LogP contribution is -2.49. The average Bonchev–Trinajstić information content (AvgIpc) is 3.08. The van der Waals surface area contributed by atoms with E-state index in [1.165, 1.54) is 18.4 Å². The van der Waals surface area contributed by atoms with E-state index in [4.69, 9.17) is 5.73 Å². The summed E-state index contributed by atoms with van der Waals surface area (Å²) in [4.78, 5) is 29.4. The highest BCUT2D eigenvalue weighted by molar-refractivity contribution is 5.92. The van der Waals surface area contributed by atoms with Gasteiger partial charge >= 0.3 is 0 Å². The zero-order chi connectivity index (χ0) is 24.3. The first kappa shape index (κ1) is 24.4. The number of rotatable bonds is 9. The molecule has 182 valence electrons. The third-order valence-corrected chi connectivity index (χ3v) is 7.63. The van der Waals surface area contributed by atoms with Gasteiger partial charge in [-0.2, -0.15) is 0 Å². The summed E-state index contributed by atoms with van der Waals surface area (Å²) >= 11 is 0. The van der Waals surface area contributed by atoms with Crippen molar-refractivity contribution in [3.63, 3.8) is 0 Å². The summed E-state index contributed by atoms with van der Waals surface area (Å²) in [6, 6.07) is 18.8. The van der Waals surface area contributed by atoms with Crippen molar-refractivity contribution in [2.24, 2.45) is 11.1 Å². The van der Waals surface area contributed by atoms with Crippen LogP contribution in [0.1, 0.15) is 66.9 Å². The lowest BCUT2D eigenvalue weighted by molar-refractivity contribution is -0.143. The molecule has 2 fully saturated rings. The van der Waals surface area contributed by atoms with E-state index in [0.717, 1.165) is 24.9 Å². The van der Waals surface area contributed by atoms with E-state index in [1.54, 1.807) is 6.07 Å². The van der Waals surface area contributed by atoms with Crippen molar-refractivity contribution < 1.29 is 14.7 Å². The fourth-order valence-corrected chi connectivity index (χ4v) is 5.65. The van der Waals surface area contributed by atoms with Gasteiger partial charge in [0.1, 0.15) is 0 Å². The quantitative estimate of drug-likeness (QED) is 0.596. The SMILES string of the molecule is CC(C)(CO)C(=O)N(CCN1[C@@H]2CC[C@H]1CC(c1cccc(C(N)=O)c1)C2)Cc1ccccc1. The molecule has 2 amide bonds. The number of piperidine rings is 1. The molecule has 3 atom stereocenters. The van der Waals surface area contributed by atoms with E-state index in [0.29, 0.717) is 36.7 Å². The fourth-order valence-electron chi connectivity index (χ4n) is 5.65. The minimum Gasteiger partial charge on any atom is -0.395 e. The van der Waals surface area contributed by atoms with Gasteiger partial charge in [0, 0.05) is 37.3 Å². The van der Waals surface area contributed by atoms with Gasteiger partial charge in [-0.1, -0.05) is 42.5 Å². The molecule has 34 heavy (non-hydrogen) atoms. The van der Waals surface area contributed by atoms with Crippen LogP contribution in [0.2, 0.25) is 0 Å². The molecular weight excluding hydrogens is 426 g/mol. The van der Waals surface area contributed by atoms with Crippen LogP contribution in [0.3, 0.4) is 0 Å². The first-order valence-electron chi connectivity index (χ1n) is 12.4. The van der Waals surface area contributed by atoms with Crippen molar-refractivity contribution in [2.45, 2.75) is 64.1 Å². The Bertz CT molecular complexity index is 993. The number of hydrogen-bond acceptors (Lipinski definition) is 4. The Kier molecular flexibility index (Phi) is 7.39. The molecule has 2 aromatic rings. The molecule has 6 heteroatoms. The maximum absolute atomic E-state index is 13.3. The van der Waals surface area contributed by atoms with Gasteiger partial charge in [0.15, 0.2) is 0 Å². The molecule has 2 aliphatic rings. The summed E-state index contributed by atoms with van der Waals surface area (Å²) in [7, 11) is 0. The zero-order valence-corrected chi connectivity index (χ0v) is 20.3. The summed E-state index contributed by atoms with van der Waals surface area (Å²) in [5.41, 5.74) is 7.58. The molecule has 2 heterocycles. The standard InChI is InChI=1S/C28H37N3O3/c1-28(2,19-32)27(34)30(18-20-7-4-3-5-8-20)13-14-31-24-11-12-25(31)17-23(16-24)21-9-6-10-22(15-21)26(29)33/h3-10,15,23-25,32H,11-14,16-19H2,1-2H3,(H2,29,33)/t23?,24-,25+. The van der Waals surface area contributed by atoms with Gasteiger partial charge in [0.25, 0.3) is 0 Å². The smallest absolute Gasteiger partial charge is 0.248 e. The Morgan fingerprint density at radius 2 is 1.74 bits per heavy atom. The topological polar surface area (TPSA) is 86.9 Å². The van der Waals surface area contributed by atoms with Gasteiger partial charge in [-0.05, 0) is 68.7 Å². The minimum atomic E-state index is -0.799. The second kappa shape index (κ2) is 10.3. The minimum absolute atomic E-state index is 0.00986. The van der Waals surface area contributed by atoms with Gasteiger partial charge in [0.2, 0.25) is 11.8 Å². The van der Waals surface area contributed by atoms with Gasteiger partial charge in [0.05, 0.1) is 12.0 Å². The van der Waals surface area contributed by atoms with Crippen molar-refractivity contribution in [3.05, 3.63) is 71.3 Å². The molecule has 4 rings (SSSR count). The first-order valence-corrected chi connectivity index (χ1v) is 12.4. The average molecular weight is 464 g/mol. The monoisotopic (exact) mass is 463 g/mol. The Labute approximate surface area is 202 Å². The molecule has 6 nitrogen and oxygen atoms in total. The van der Waals surface area contributed by atoms with Crippen LogP contribution in [0.25, 0.3) is 0 Å². The summed E-state index contributed by atoms with van der Waals surface area (Å²) in [5, 5.41) is 9.79. The number of carbonyl (C=O) groups excluding carboxylic acids is 2. The van der Waals surface area contributed by atoms with Crippen LogP contribution in [-0.2, 0) is 11.3 Å². The van der Waals surface area contributed by atoms with Gasteiger partial charge < -0.3 is 15.7 Å². The largest absolute Gasteiger partial charge is 0.395 e. The highest BCUT2D eigenvalue weighted by atomic mass is 16.3. The third kappa shape index (κ3) is 5.34. The number of amides is 2. The molecule has 2 saturated heterocycles. The molecule has 0 spiro atoms.